The van der Waals surface area contributed by atoms with E-state index in [2.05, 4.69) is 0 Å². The Hall–Kier alpha value is -0.830. The number of para-hydroxylation sites is 1. The van der Waals surface area contributed by atoms with Crippen molar-refractivity contribution in [1.82, 2.24) is 0 Å². The summed E-state index contributed by atoms with van der Waals surface area (Å²) in [6, 6.07) is 18.8. The van der Waals surface area contributed by atoms with E-state index in [0.29, 0.717) is 5.75 Å². The molecule has 2 aromatic carbocycles. The standard InChI is InChI=1S/C15H12I2O3/c16-15(17,20-13-9-5-2-6-10-13)14(18)19-11-12-7-3-1-4-8-12/h1-10H,11H2. The number of alkyl halides is 2. The van der Waals surface area contributed by atoms with Crippen molar-refractivity contribution in [2.45, 2.75) is 8.22 Å². The molecular weight excluding hydrogens is 482 g/mol. The summed E-state index contributed by atoms with van der Waals surface area (Å²) in [6.07, 6.45) is 0. The number of hydrogen-bond acceptors (Lipinski definition) is 3. The molecule has 104 valence electrons. The Morgan fingerprint density at radius 2 is 1.50 bits per heavy atom. The van der Waals surface area contributed by atoms with Gasteiger partial charge in [0.05, 0.1) is 0 Å². The van der Waals surface area contributed by atoms with E-state index in [1.165, 1.54) is 0 Å². The third kappa shape index (κ3) is 4.62. The van der Waals surface area contributed by atoms with Crippen LogP contribution in [0, 0.1) is 0 Å². The fraction of sp³-hybridized carbons (Fsp3) is 0.133. The first kappa shape index (κ1) is 15.6. The molecule has 0 fully saturated rings. The van der Waals surface area contributed by atoms with Gasteiger partial charge in [-0.15, -0.1) is 0 Å². The molecule has 0 spiro atoms. The first-order valence-corrected chi connectivity index (χ1v) is 8.07. The number of ether oxygens (including phenoxy) is 2. The highest BCUT2D eigenvalue weighted by atomic mass is 127. The molecule has 0 heterocycles. The normalized spacial score (nSPS) is 10.9. The van der Waals surface area contributed by atoms with E-state index in [1.54, 1.807) is 12.1 Å². The summed E-state index contributed by atoms with van der Waals surface area (Å²) in [5, 5.41) is 0. The third-order valence-electron chi connectivity index (χ3n) is 2.44. The van der Waals surface area contributed by atoms with Crippen molar-refractivity contribution in [1.29, 1.82) is 0 Å². The molecule has 0 amide bonds. The fourth-order valence-corrected chi connectivity index (χ4v) is 2.31. The summed E-state index contributed by atoms with van der Waals surface area (Å²) in [7, 11) is 0. The second-order valence-corrected chi connectivity index (χ2v) is 9.10. The number of carbonyl (C=O) groups excluding carboxylic acids is 1. The molecule has 5 heteroatoms. The van der Waals surface area contributed by atoms with Crippen molar-refractivity contribution in [2.24, 2.45) is 0 Å². The average Bonchev–Trinajstić information content (AvgIpc) is 2.46. The number of carbonyl (C=O) groups is 1. The molecule has 0 saturated carbocycles. The molecule has 0 aliphatic carbocycles. The molecular formula is C15H12I2O3. The van der Waals surface area contributed by atoms with Gasteiger partial charge in [-0.2, -0.15) is 0 Å². The van der Waals surface area contributed by atoms with Crippen molar-refractivity contribution in [3.63, 3.8) is 0 Å². The minimum atomic E-state index is -1.08. The smallest absolute Gasteiger partial charge is 0.371 e. The predicted octanol–water partition coefficient (Wildman–Crippen LogP) is 4.33. The molecule has 0 bridgehead atoms. The zero-order valence-electron chi connectivity index (χ0n) is 10.5. The summed E-state index contributed by atoms with van der Waals surface area (Å²) in [4.78, 5) is 12.1. The van der Waals surface area contributed by atoms with E-state index in [9.17, 15) is 4.79 Å². The molecule has 0 atom stereocenters. The molecule has 2 aromatic rings. The van der Waals surface area contributed by atoms with Crippen LogP contribution in [-0.4, -0.2) is 7.58 Å². The quantitative estimate of drug-likeness (QED) is 0.353. The Balaban J connectivity index is 1.93. The first-order valence-electron chi connectivity index (χ1n) is 5.91. The van der Waals surface area contributed by atoms with Gasteiger partial charge in [-0.25, -0.2) is 4.79 Å². The second-order valence-electron chi connectivity index (χ2n) is 3.99. The molecule has 0 aliphatic rings. The molecule has 0 saturated heterocycles. The van der Waals surface area contributed by atoms with Gasteiger partial charge in [0.25, 0.3) is 0 Å². The summed E-state index contributed by atoms with van der Waals surface area (Å²) < 4.78 is 9.86. The summed E-state index contributed by atoms with van der Waals surface area (Å²) >= 11 is 3.88. The number of benzene rings is 2. The number of halogens is 2. The zero-order valence-corrected chi connectivity index (χ0v) is 14.8. The van der Waals surface area contributed by atoms with E-state index in [1.807, 2.05) is 93.7 Å². The van der Waals surface area contributed by atoms with Crippen molar-refractivity contribution in [3.8, 4) is 5.75 Å². The summed E-state index contributed by atoms with van der Waals surface area (Å²) in [5.74, 6) is 0.222. The lowest BCUT2D eigenvalue weighted by atomic mass is 10.2. The number of rotatable bonds is 5. The molecule has 20 heavy (non-hydrogen) atoms. The van der Waals surface area contributed by atoms with E-state index < -0.39 is 7.58 Å². The van der Waals surface area contributed by atoms with Gasteiger partial charge >= 0.3 is 7.58 Å². The lowest BCUT2D eigenvalue weighted by Gasteiger charge is -2.20. The van der Waals surface area contributed by atoms with Crippen LogP contribution in [0.2, 0.25) is 0 Å². The van der Waals surface area contributed by atoms with Crippen LogP contribution in [0.1, 0.15) is 5.56 Å². The maximum atomic E-state index is 12.1. The van der Waals surface area contributed by atoms with Crippen LogP contribution < -0.4 is 4.74 Å². The predicted molar refractivity (Wildman–Crippen MR) is 94.1 cm³/mol. The molecule has 2 rings (SSSR count). The minimum absolute atomic E-state index is 0.242. The van der Waals surface area contributed by atoms with Crippen LogP contribution in [0.3, 0.4) is 0 Å². The molecule has 0 N–H and O–H groups in total. The lowest BCUT2D eigenvalue weighted by Crippen LogP contribution is -2.33. The van der Waals surface area contributed by atoms with E-state index in [-0.39, 0.29) is 6.61 Å². The highest BCUT2D eigenvalue weighted by molar-refractivity contribution is 14.2. The third-order valence-corrected chi connectivity index (χ3v) is 3.76. The van der Waals surface area contributed by atoms with E-state index in [4.69, 9.17) is 9.47 Å². The van der Waals surface area contributed by atoms with Gasteiger partial charge in [-0.3, -0.25) is 0 Å². The second kappa shape index (κ2) is 7.26. The van der Waals surface area contributed by atoms with Crippen LogP contribution in [0.5, 0.6) is 5.75 Å². The Morgan fingerprint density at radius 3 is 2.10 bits per heavy atom. The van der Waals surface area contributed by atoms with Crippen molar-refractivity contribution >= 4 is 51.2 Å². The van der Waals surface area contributed by atoms with Crippen LogP contribution >= 0.6 is 45.2 Å². The Kier molecular flexibility index (Phi) is 5.64. The first-order chi connectivity index (χ1) is 9.58. The van der Waals surface area contributed by atoms with Gasteiger partial charge in [0.15, 0.2) is 0 Å². The molecule has 0 aliphatic heterocycles. The monoisotopic (exact) mass is 494 g/mol. The van der Waals surface area contributed by atoms with Gasteiger partial charge in [0.2, 0.25) is 0 Å². The molecule has 3 nitrogen and oxygen atoms in total. The van der Waals surface area contributed by atoms with Crippen molar-refractivity contribution in [3.05, 3.63) is 66.2 Å². The van der Waals surface area contributed by atoms with E-state index in [0.717, 1.165) is 5.56 Å². The Bertz CT molecular complexity index is 556. The van der Waals surface area contributed by atoms with Crippen LogP contribution in [0.25, 0.3) is 0 Å². The Labute approximate surface area is 144 Å². The maximum absolute atomic E-state index is 12.1. The fourth-order valence-electron chi connectivity index (χ4n) is 1.49. The SMILES string of the molecule is O=C(OCc1ccccc1)C(I)(I)Oc1ccccc1. The highest BCUT2D eigenvalue weighted by Crippen LogP contribution is 2.32. The Morgan fingerprint density at radius 1 is 0.950 bits per heavy atom. The van der Waals surface area contributed by atoms with Crippen molar-refractivity contribution < 1.29 is 14.3 Å². The summed E-state index contributed by atoms with van der Waals surface area (Å²) in [5.41, 5.74) is 0.948. The summed E-state index contributed by atoms with van der Waals surface area (Å²) in [6.45, 7) is 0.242. The molecule has 0 unspecified atom stereocenters. The van der Waals surface area contributed by atoms with Crippen LogP contribution in [-0.2, 0) is 16.1 Å². The largest absolute Gasteiger partial charge is 0.457 e. The molecule has 0 aromatic heterocycles. The molecule has 0 radical (unpaired) electrons. The van der Waals surface area contributed by atoms with Crippen molar-refractivity contribution in [2.75, 3.05) is 0 Å². The zero-order chi connectivity index (χ0) is 14.4. The van der Waals surface area contributed by atoms with E-state index >= 15 is 0 Å². The van der Waals surface area contributed by atoms with Gasteiger partial charge in [-0.05, 0) is 62.9 Å². The minimum Gasteiger partial charge on any atom is -0.457 e. The van der Waals surface area contributed by atoms with Gasteiger partial charge < -0.3 is 9.47 Å². The highest BCUT2D eigenvalue weighted by Gasteiger charge is 2.36. The topological polar surface area (TPSA) is 35.5 Å². The van der Waals surface area contributed by atoms with Gasteiger partial charge in [-0.1, -0.05) is 48.5 Å². The lowest BCUT2D eigenvalue weighted by molar-refractivity contribution is -0.149. The van der Waals surface area contributed by atoms with Crippen LogP contribution in [0.4, 0.5) is 0 Å². The number of hydrogen-bond donors (Lipinski definition) is 0. The maximum Gasteiger partial charge on any atom is 0.371 e. The van der Waals surface area contributed by atoms with Gasteiger partial charge in [0.1, 0.15) is 12.4 Å². The average molecular weight is 494 g/mol. The number of esters is 1. The van der Waals surface area contributed by atoms with Crippen LogP contribution in [0.15, 0.2) is 60.7 Å². The van der Waals surface area contributed by atoms with Gasteiger partial charge in [0, 0.05) is 0 Å².